The van der Waals surface area contributed by atoms with Gasteiger partial charge in [0.15, 0.2) is 5.11 Å². The fourth-order valence-electron chi connectivity index (χ4n) is 3.28. The zero-order valence-electron chi connectivity index (χ0n) is 17.7. The minimum atomic E-state index is -0.392. The van der Waals surface area contributed by atoms with E-state index in [-0.39, 0.29) is 16.7 Å². The summed E-state index contributed by atoms with van der Waals surface area (Å²) in [4.78, 5) is 33.5. The highest BCUT2D eigenvalue weighted by atomic mass is 32.1. The average Bonchev–Trinajstić information content (AvgIpc) is 3.39. The highest BCUT2D eigenvalue weighted by molar-refractivity contribution is 7.80. The lowest BCUT2D eigenvalue weighted by molar-refractivity contribution is -0.125. The Bertz CT molecular complexity index is 1220. The number of thiazole rings is 1. The van der Waals surface area contributed by atoms with Crippen molar-refractivity contribution < 1.29 is 9.59 Å². The first kappa shape index (κ1) is 22.2. The highest BCUT2D eigenvalue weighted by Gasteiger charge is 2.33. The molecule has 2 aromatic heterocycles. The monoisotopic (exact) mass is 484 g/mol. The molecule has 3 aromatic rings. The van der Waals surface area contributed by atoms with Crippen LogP contribution in [0.15, 0.2) is 46.3 Å². The molecule has 0 saturated carbocycles. The van der Waals surface area contributed by atoms with Crippen molar-refractivity contribution in [2.75, 3.05) is 18.0 Å². The molecule has 0 aliphatic carbocycles. The van der Waals surface area contributed by atoms with Gasteiger partial charge in [0.1, 0.15) is 10.5 Å². The van der Waals surface area contributed by atoms with Crippen LogP contribution in [0.4, 0.5) is 16.5 Å². The van der Waals surface area contributed by atoms with E-state index in [1.54, 1.807) is 6.08 Å². The van der Waals surface area contributed by atoms with Gasteiger partial charge in [0.2, 0.25) is 11.0 Å². The molecule has 1 saturated heterocycles. The Kier molecular flexibility index (Phi) is 6.40. The Morgan fingerprint density at radius 1 is 1.22 bits per heavy atom. The molecule has 8 nitrogen and oxygen atoms in total. The molecule has 1 aliphatic rings. The van der Waals surface area contributed by atoms with Crippen LogP contribution in [0.1, 0.15) is 25.6 Å². The van der Waals surface area contributed by atoms with E-state index in [1.807, 2.05) is 30.3 Å². The third-order valence-electron chi connectivity index (χ3n) is 4.82. The predicted molar refractivity (Wildman–Crippen MR) is 133 cm³/mol. The Hall–Kier alpha value is -3.02. The Morgan fingerprint density at radius 3 is 2.56 bits per heavy atom. The van der Waals surface area contributed by atoms with Gasteiger partial charge in [-0.05, 0) is 62.5 Å². The number of benzene rings is 1. The van der Waals surface area contributed by atoms with Crippen molar-refractivity contribution in [2.45, 2.75) is 20.8 Å². The van der Waals surface area contributed by atoms with Crippen molar-refractivity contribution >= 4 is 83.9 Å². The number of carbonyl (C=O) groups excluding carboxylic acids is 2. The van der Waals surface area contributed by atoms with Crippen LogP contribution in [-0.2, 0) is 9.59 Å². The van der Waals surface area contributed by atoms with Crippen LogP contribution in [0.5, 0.6) is 0 Å². The first-order valence-corrected chi connectivity index (χ1v) is 12.0. The van der Waals surface area contributed by atoms with Gasteiger partial charge in [0, 0.05) is 30.6 Å². The summed E-state index contributed by atoms with van der Waals surface area (Å²) in [5.41, 5.74) is 2.13. The summed E-state index contributed by atoms with van der Waals surface area (Å²) in [6, 6.07) is 9.87. The number of nitrogens with one attached hydrogen (secondary N) is 1. The van der Waals surface area contributed by atoms with E-state index >= 15 is 0 Å². The van der Waals surface area contributed by atoms with Crippen LogP contribution in [0, 0.1) is 0 Å². The molecule has 0 radical (unpaired) electrons. The molecule has 4 rings (SSSR count). The quantitative estimate of drug-likeness (QED) is 0.294. The van der Waals surface area contributed by atoms with Gasteiger partial charge in [-0.2, -0.15) is 0 Å². The number of carbonyl (C=O) groups is 2. The number of rotatable bonds is 6. The number of anilines is 1. The van der Waals surface area contributed by atoms with Gasteiger partial charge in [-0.25, -0.2) is 4.98 Å². The highest BCUT2D eigenvalue weighted by Crippen LogP contribution is 2.36. The summed E-state index contributed by atoms with van der Waals surface area (Å²) in [7, 11) is 0. The summed E-state index contributed by atoms with van der Waals surface area (Å²) < 4.78 is 0.933. The molecule has 11 heteroatoms. The number of aromatic nitrogens is 1. The second kappa shape index (κ2) is 9.23. The number of fused-ring (bicyclic) bond motifs is 1. The molecule has 0 unspecified atom stereocenters. The van der Waals surface area contributed by atoms with E-state index in [0.29, 0.717) is 5.13 Å². The molecule has 1 aliphatic heterocycles. The van der Waals surface area contributed by atoms with Crippen LogP contribution in [0.2, 0.25) is 0 Å². The van der Waals surface area contributed by atoms with E-state index in [1.165, 1.54) is 34.5 Å². The Labute approximate surface area is 198 Å². The molecule has 2 amide bonds. The van der Waals surface area contributed by atoms with Crippen molar-refractivity contribution in [3.8, 4) is 0 Å². The molecule has 0 spiro atoms. The molecule has 164 valence electrons. The molecule has 1 fully saturated rings. The van der Waals surface area contributed by atoms with Crippen LogP contribution in [0.3, 0.4) is 0 Å². The number of hydrogen-bond acceptors (Lipinski definition) is 9. The number of amides is 2. The van der Waals surface area contributed by atoms with Gasteiger partial charge in [-0.15, -0.1) is 21.6 Å². The number of thiocarbonyl (C=S) groups is 1. The van der Waals surface area contributed by atoms with Gasteiger partial charge in [0.25, 0.3) is 5.91 Å². The fourth-order valence-corrected chi connectivity index (χ4v) is 5.58. The van der Waals surface area contributed by atoms with Crippen molar-refractivity contribution in [1.29, 1.82) is 0 Å². The lowest BCUT2D eigenvalue weighted by Crippen LogP contribution is -2.31. The maximum atomic E-state index is 12.1. The van der Waals surface area contributed by atoms with Gasteiger partial charge in [-0.1, -0.05) is 11.3 Å². The number of azo groups is 1. The van der Waals surface area contributed by atoms with Gasteiger partial charge < -0.3 is 4.90 Å². The minimum absolute atomic E-state index is 0.0954. The van der Waals surface area contributed by atoms with E-state index in [4.69, 9.17) is 12.2 Å². The standard InChI is InChI=1S/C21H20N6O2S3/c1-4-26(5-2)14-8-6-13(7-9-14)24-25-20-23-19-17(32-20)11-15(31-19)10-16-18(29)22-21(30)27(16)12(3)28/h6-11H,4-5H2,1-3H3,(H,22,29,30)/b16-10-,25-24?. The first-order valence-electron chi connectivity index (χ1n) is 9.94. The summed E-state index contributed by atoms with van der Waals surface area (Å²) in [6.45, 7) is 7.53. The van der Waals surface area contributed by atoms with Crippen molar-refractivity contribution in [3.05, 3.63) is 40.9 Å². The second-order valence-electron chi connectivity index (χ2n) is 6.85. The third-order valence-corrected chi connectivity index (χ3v) is 7.09. The van der Waals surface area contributed by atoms with Crippen LogP contribution in [-0.4, -0.2) is 39.9 Å². The largest absolute Gasteiger partial charge is 0.372 e. The van der Waals surface area contributed by atoms with Crippen LogP contribution >= 0.6 is 34.9 Å². The lowest BCUT2D eigenvalue weighted by Gasteiger charge is -2.20. The lowest BCUT2D eigenvalue weighted by atomic mass is 10.2. The molecule has 3 heterocycles. The van der Waals surface area contributed by atoms with E-state index in [0.717, 1.165) is 38.9 Å². The summed E-state index contributed by atoms with van der Waals surface area (Å²) in [5.74, 6) is -0.708. The van der Waals surface area contributed by atoms with E-state index in [2.05, 4.69) is 39.3 Å². The summed E-state index contributed by atoms with van der Waals surface area (Å²) in [6.07, 6.45) is 1.65. The van der Waals surface area contributed by atoms with E-state index < -0.39 is 5.91 Å². The van der Waals surface area contributed by atoms with Gasteiger partial charge in [0.05, 0.1) is 10.4 Å². The van der Waals surface area contributed by atoms with Crippen LogP contribution < -0.4 is 10.2 Å². The molecular weight excluding hydrogens is 464 g/mol. The zero-order chi connectivity index (χ0) is 22.8. The molecule has 32 heavy (non-hydrogen) atoms. The van der Waals surface area contributed by atoms with Crippen molar-refractivity contribution in [2.24, 2.45) is 10.2 Å². The third kappa shape index (κ3) is 4.45. The van der Waals surface area contributed by atoms with Crippen LogP contribution in [0.25, 0.3) is 15.6 Å². The zero-order valence-corrected chi connectivity index (χ0v) is 20.1. The van der Waals surface area contributed by atoms with Gasteiger partial charge >= 0.3 is 0 Å². The van der Waals surface area contributed by atoms with E-state index in [9.17, 15) is 9.59 Å². The SMILES string of the molecule is CCN(CC)c1ccc(N=Nc2nc3sc(/C=C4/C(=O)NC(=S)N4C(C)=O)cc3s2)cc1. The Balaban J connectivity index is 1.51. The smallest absolute Gasteiger partial charge is 0.274 e. The summed E-state index contributed by atoms with van der Waals surface area (Å²) in [5, 5.41) is 11.7. The molecular formula is C21H20N6O2S3. The van der Waals surface area contributed by atoms with Gasteiger partial charge in [-0.3, -0.25) is 19.8 Å². The number of nitrogens with zero attached hydrogens (tertiary/aromatic N) is 5. The molecule has 0 bridgehead atoms. The van der Waals surface area contributed by atoms with Crippen molar-refractivity contribution in [1.82, 2.24) is 15.2 Å². The van der Waals surface area contributed by atoms with Crippen molar-refractivity contribution in [3.63, 3.8) is 0 Å². The normalized spacial score (nSPS) is 15.3. The number of thiophene rings is 1. The molecule has 1 aromatic carbocycles. The second-order valence-corrected chi connectivity index (χ2v) is 9.30. The Morgan fingerprint density at radius 2 is 1.94 bits per heavy atom. The first-order chi connectivity index (χ1) is 15.4. The maximum Gasteiger partial charge on any atom is 0.274 e. The topological polar surface area (TPSA) is 90.3 Å². The fraction of sp³-hybridized carbons (Fsp3) is 0.238. The molecule has 0 atom stereocenters. The number of hydrogen-bond donors (Lipinski definition) is 1. The predicted octanol–water partition coefficient (Wildman–Crippen LogP) is 5.22. The average molecular weight is 485 g/mol. The minimum Gasteiger partial charge on any atom is -0.372 e. The summed E-state index contributed by atoms with van der Waals surface area (Å²) >= 11 is 7.88. The molecule has 1 N–H and O–H groups in total. The maximum absolute atomic E-state index is 12.1.